The van der Waals surface area contributed by atoms with Crippen LogP contribution in [0.15, 0.2) is 12.3 Å². The fraction of sp³-hybridized carbons (Fsp3) is 0.800. The van der Waals surface area contributed by atoms with Gasteiger partial charge < -0.3 is 9.84 Å². The molecular weight excluding hydrogens is 240 g/mol. The Kier molecular flexibility index (Phi) is 3.63. The summed E-state index contributed by atoms with van der Waals surface area (Å²) in [4.78, 5) is 0. The van der Waals surface area contributed by atoms with Crippen molar-refractivity contribution in [3.8, 4) is 0 Å². The average molecular weight is 264 g/mol. The van der Waals surface area contributed by atoms with Gasteiger partial charge in [-0.1, -0.05) is 12.8 Å². The Labute approximate surface area is 114 Å². The van der Waals surface area contributed by atoms with E-state index in [-0.39, 0.29) is 18.1 Å². The summed E-state index contributed by atoms with van der Waals surface area (Å²) in [5.41, 5.74) is 0.966. The zero-order valence-corrected chi connectivity index (χ0v) is 11.7. The molecule has 0 amide bonds. The molecule has 2 aliphatic rings. The van der Waals surface area contributed by atoms with Crippen LogP contribution in [0.1, 0.15) is 50.8 Å². The number of ether oxygens (including phenoxy) is 1. The highest BCUT2D eigenvalue weighted by molar-refractivity contribution is 5.07. The maximum Gasteiger partial charge on any atom is 0.0632 e. The van der Waals surface area contributed by atoms with Crippen LogP contribution in [0.3, 0.4) is 0 Å². The number of nitrogens with zero attached hydrogens (tertiary/aromatic N) is 2. The lowest BCUT2D eigenvalue weighted by Gasteiger charge is -2.29. The van der Waals surface area contributed by atoms with Crippen molar-refractivity contribution in [2.75, 3.05) is 13.2 Å². The monoisotopic (exact) mass is 264 g/mol. The molecule has 4 heteroatoms. The van der Waals surface area contributed by atoms with Gasteiger partial charge in [-0.25, -0.2) is 0 Å². The molecule has 2 fully saturated rings. The largest absolute Gasteiger partial charge is 0.396 e. The zero-order valence-electron chi connectivity index (χ0n) is 11.7. The summed E-state index contributed by atoms with van der Waals surface area (Å²) in [5.74, 6) is 0. The lowest BCUT2D eigenvalue weighted by molar-refractivity contribution is 0.0265. The van der Waals surface area contributed by atoms with Gasteiger partial charge in [-0.2, -0.15) is 5.10 Å². The van der Waals surface area contributed by atoms with Crippen molar-refractivity contribution in [2.24, 2.45) is 5.41 Å². The molecule has 2 heterocycles. The molecule has 3 rings (SSSR count). The minimum absolute atomic E-state index is 0.120. The molecule has 4 nitrogen and oxygen atoms in total. The standard InChI is InChI=1S/C15H24N2O2/c1-12-15(11-18,7-9-19-12)10-13-6-8-17(16-13)14-4-2-3-5-14/h6,8,12,14,18H,2-5,7,9-11H2,1H3. The summed E-state index contributed by atoms with van der Waals surface area (Å²) in [6, 6.07) is 2.71. The molecule has 0 radical (unpaired) electrons. The number of aliphatic hydroxyl groups excluding tert-OH is 1. The van der Waals surface area contributed by atoms with Crippen molar-refractivity contribution in [2.45, 2.75) is 57.6 Å². The first-order valence-electron chi connectivity index (χ1n) is 7.50. The number of rotatable bonds is 4. The van der Waals surface area contributed by atoms with Crippen molar-refractivity contribution in [1.82, 2.24) is 9.78 Å². The molecule has 0 aromatic carbocycles. The fourth-order valence-corrected chi connectivity index (χ4v) is 3.52. The van der Waals surface area contributed by atoms with Crippen LogP contribution in [0, 0.1) is 5.41 Å². The minimum Gasteiger partial charge on any atom is -0.396 e. The SMILES string of the molecule is CC1OCCC1(CO)Cc1ccn(C2CCCC2)n1. The lowest BCUT2D eigenvalue weighted by atomic mass is 9.78. The summed E-state index contributed by atoms with van der Waals surface area (Å²) in [7, 11) is 0. The van der Waals surface area contributed by atoms with Gasteiger partial charge in [-0.3, -0.25) is 4.68 Å². The van der Waals surface area contributed by atoms with Gasteiger partial charge in [0.15, 0.2) is 0 Å². The highest BCUT2D eigenvalue weighted by atomic mass is 16.5. The normalized spacial score (nSPS) is 32.2. The number of hydrogen-bond acceptors (Lipinski definition) is 3. The Morgan fingerprint density at radius 1 is 1.47 bits per heavy atom. The van der Waals surface area contributed by atoms with Gasteiger partial charge in [0.05, 0.1) is 24.4 Å². The first-order chi connectivity index (χ1) is 9.23. The molecule has 1 aliphatic carbocycles. The van der Waals surface area contributed by atoms with E-state index in [4.69, 9.17) is 9.84 Å². The van der Waals surface area contributed by atoms with Crippen molar-refractivity contribution in [3.05, 3.63) is 18.0 Å². The molecule has 1 saturated carbocycles. The van der Waals surface area contributed by atoms with Crippen LogP contribution in [0.5, 0.6) is 0 Å². The van der Waals surface area contributed by atoms with Crippen LogP contribution >= 0.6 is 0 Å². The third kappa shape index (κ3) is 2.43. The Balaban J connectivity index is 1.72. The molecule has 106 valence electrons. The van der Waals surface area contributed by atoms with Crippen LogP contribution in [0.2, 0.25) is 0 Å². The molecule has 1 aliphatic heterocycles. The molecule has 2 atom stereocenters. The second-order valence-electron chi connectivity index (χ2n) is 6.19. The van der Waals surface area contributed by atoms with Gasteiger partial charge >= 0.3 is 0 Å². The highest BCUT2D eigenvalue weighted by Crippen LogP contribution is 2.37. The Hall–Kier alpha value is -0.870. The Bertz CT molecular complexity index is 426. The molecule has 0 spiro atoms. The van der Waals surface area contributed by atoms with E-state index in [1.165, 1.54) is 25.7 Å². The first kappa shape index (κ1) is 13.1. The van der Waals surface area contributed by atoms with Crippen LogP contribution in [-0.2, 0) is 11.2 Å². The highest BCUT2D eigenvalue weighted by Gasteiger charge is 2.41. The van der Waals surface area contributed by atoms with Crippen LogP contribution < -0.4 is 0 Å². The molecule has 1 N–H and O–H groups in total. The number of aliphatic hydroxyl groups is 1. The smallest absolute Gasteiger partial charge is 0.0632 e. The summed E-state index contributed by atoms with van der Waals surface area (Å²) >= 11 is 0. The van der Waals surface area contributed by atoms with Crippen LogP contribution in [-0.4, -0.2) is 34.2 Å². The van der Waals surface area contributed by atoms with Crippen molar-refractivity contribution >= 4 is 0 Å². The topological polar surface area (TPSA) is 47.3 Å². The zero-order chi connectivity index (χ0) is 13.3. The van der Waals surface area contributed by atoms with E-state index < -0.39 is 0 Å². The summed E-state index contributed by atoms with van der Waals surface area (Å²) in [6.07, 6.45) is 9.14. The van der Waals surface area contributed by atoms with Crippen molar-refractivity contribution < 1.29 is 9.84 Å². The number of aromatic nitrogens is 2. The van der Waals surface area contributed by atoms with E-state index in [0.717, 1.165) is 25.1 Å². The minimum atomic E-state index is -0.130. The molecule has 19 heavy (non-hydrogen) atoms. The second-order valence-corrected chi connectivity index (χ2v) is 6.19. The predicted octanol–water partition coefficient (Wildman–Crippen LogP) is 2.33. The van der Waals surface area contributed by atoms with E-state index >= 15 is 0 Å². The van der Waals surface area contributed by atoms with E-state index in [1.54, 1.807) is 0 Å². The van der Waals surface area contributed by atoms with Crippen molar-refractivity contribution in [1.29, 1.82) is 0 Å². The van der Waals surface area contributed by atoms with Gasteiger partial charge in [0.2, 0.25) is 0 Å². The van der Waals surface area contributed by atoms with E-state index in [1.807, 2.05) is 0 Å². The van der Waals surface area contributed by atoms with E-state index in [0.29, 0.717) is 6.04 Å². The lowest BCUT2D eigenvalue weighted by Crippen LogP contribution is -2.35. The van der Waals surface area contributed by atoms with E-state index in [2.05, 4.69) is 23.9 Å². The van der Waals surface area contributed by atoms with Gasteiger partial charge in [0, 0.05) is 24.6 Å². The quantitative estimate of drug-likeness (QED) is 0.908. The molecule has 1 aromatic heterocycles. The van der Waals surface area contributed by atoms with Gasteiger partial charge in [0.1, 0.15) is 0 Å². The van der Waals surface area contributed by atoms with Crippen LogP contribution in [0.25, 0.3) is 0 Å². The number of hydrogen-bond donors (Lipinski definition) is 1. The van der Waals surface area contributed by atoms with Gasteiger partial charge in [-0.05, 0) is 32.3 Å². The fourth-order valence-electron chi connectivity index (χ4n) is 3.52. The molecular formula is C15H24N2O2. The summed E-state index contributed by atoms with van der Waals surface area (Å²) in [6.45, 7) is 3.01. The third-order valence-corrected chi connectivity index (χ3v) is 5.04. The predicted molar refractivity (Wildman–Crippen MR) is 73.0 cm³/mol. The molecule has 1 saturated heterocycles. The average Bonchev–Trinajstić information content (AvgIpc) is 3.12. The Morgan fingerprint density at radius 2 is 2.26 bits per heavy atom. The molecule has 1 aromatic rings. The summed E-state index contributed by atoms with van der Waals surface area (Å²) < 4.78 is 7.78. The van der Waals surface area contributed by atoms with Gasteiger partial charge in [-0.15, -0.1) is 0 Å². The third-order valence-electron chi connectivity index (χ3n) is 5.04. The maximum absolute atomic E-state index is 9.75. The Morgan fingerprint density at radius 3 is 2.89 bits per heavy atom. The van der Waals surface area contributed by atoms with Crippen LogP contribution in [0.4, 0.5) is 0 Å². The first-order valence-corrected chi connectivity index (χ1v) is 7.50. The summed E-state index contributed by atoms with van der Waals surface area (Å²) in [5, 5.41) is 14.5. The molecule has 0 bridgehead atoms. The van der Waals surface area contributed by atoms with E-state index in [9.17, 15) is 5.11 Å². The maximum atomic E-state index is 9.75. The second kappa shape index (κ2) is 5.25. The molecule has 2 unspecified atom stereocenters. The van der Waals surface area contributed by atoms with Gasteiger partial charge in [0.25, 0.3) is 0 Å². The van der Waals surface area contributed by atoms with Crippen molar-refractivity contribution in [3.63, 3.8) is 0 Å².